The minimum atomic E-state index is -0.125. The van der Waals surface area contributed by atoms with E-state index in [0.717, 1.165) is 0 Å². The van der Waals surface area contributed by atoms with Gasteiger partial charge in [0.25, 0.3) is 0 Å². The molecule has 0 bridgehead atoms. The Labute approximate surface area is 410 Å². The molecule has 0 heteroatoms. The van der Waals surface area contributed by atoms with Crippen LogP contribution in [0.25, 0.3) is 66.8 Å². The summed E-state index contributed by atoms with van der Waals surface area (Å²) < 4.78 is 0. The van der Waals surface area contributed by atoms with Crippen LogP contribution in [0.1, 0.15) is 182 Å². The van der Waals surface area contributed by atoms with Gasteiger partial charge in [0.15, 0.2) is 0 Å². The zero-order chi connectivity index (χ0) is 47.4. The standard InChI is InChI=1S/C68H76/c1-10-12-14-16-18-22-36-68(37-23-19-17-15-13-11-2)59-25-21-20-24-53(59)58-34-28-49(43-64(58)68)48-27-32-55-56-33-29-50(42-62(56)67(8,9)61(55)41-48)52-39-46(4)65(47(5)40-52)51-30-35-57-54-31-26-45(3)38-60(54)66(6,7)63(57)44-51/h20-21,24-35,38-44H,10-19,22-23,36-37H2,1-9H3. The number of hydrogen-bond acceptors (Lipinski definition) is 0. The SMILES string of the molecule is CCCCCCCCC1(CCCCCCCC)c2ccccc2-c2ccc(-c3ccc4c(c3)C(C)(C)c3cc(-c5cc(C)c(-c6ccc7c(c6)C(C)(C)c6cc(C)ccc6-7)c(C)c5)ccc3-4)cc21. The monoisotopic (exact) mass is 893 g/mol. The zero-order valence-electron chi connectivity index (χ0n) is 43.0. The van der Waals surface area contributed by atoms with Gasteiger partial charge in [0, 0.05) is 16.2 Å². The Hall–Kier alpha value is -5.46. The van der Waals surface area contributed by atoms with E-state index >= 15 is 0 Å². The average molecular weight is 893 g/mol. The van der Waals surface area contributed by atoms with Gasteiger partial charge in [-0.05, 0) is 169 Å². The van der Waals surface area contributed by atoms with Gasteiger partial charge in [-0.2, -0.15) is 0 Å². The molecule has 0 nitrogen and oxygen atoms in total. The first kappa shape index (κ1) is 46.3. The lowest BCUT2D eigenvalue weighted by Crippen LogP contribution is -2.25. The van der Waals surface area contributed by atoms with Gasteiger partial charge in [0.1, 0.15) is 0 Å². The van der Waals surface area contributed by atoms with Crippen LogP contribution in [0.5, 0.6) is 0 Å². The van der Waals surface area contributed by atoms with Crippen molar-refractivity contribution >= 4 is 0 Å². The third-order valence-electron chi connectivity index (χ3n) is 17.2. The van der Waals surface area contributed by atoms with Crippen molar-refractivity contribution in [2.45, 2.75) is 168 Å². The summed E-state index contributed by atoms with van der Waals surface area (Å²) >= 11 is 0. The molecular weight excluding hydrogens is 817 g/mol. The first-order valence-corrected chi connectivity index (χ1v) is 26.8. The molecule has 0 aromatic heterocycles. The van der Waals surface area contributed by atoms with Crippen molar-refractivity contribution in [1.82, 2.24) is 0 Å². The van der Waals surface area contributed by atoms with Crippen molar-refractivity contribution in [3.63, 3.8) is 0 Å². The van der Waals surface area contributed by atoms with E-state index in [1.54, 1.807) is 11.1 Å². The van der Waals surface area contributed by atoms with Crippen LogP contribution >= 0.6 is 0 Å². The molecule has 68 heavy (non-hydrogen) atoms. The molecule has 3 aliphatic carbocycles. The Balaban J connectivity index is 0.948. The molecule has 0 N–H and O–H groups in total. The second kappa shape index (κ2) is 18.5. The summed E-state index contributed by atoms with van der Waals surface area (Å²) in [4.78, 5) is 0. The molecule has 3 aliphatic rings. The van der Waals surface area contributed by atoms with Crippen LogP contribution in [0, 0.1) is 20.8 Å². The Kier molecular flexibility index (Phi) is 12.6. The van der Waals surface area contributed by atoms with Crippen molar-refractivity contribution in [2.75, 3.05) is 0 Å². The van der Waals surface area contributed by atoms with Gasteiger partial charge < -0.3 is 0 Å². The zero-order valence-corrected chi connectivity index (χ0v) is 43.0. The Morgan fingerprint density at radius 1 is 0.324 bits per heavy atom. The van der Waals surface area contributed by atoms with Crippen LogP contribution in [-0.2, 0) is 16.2 Å². The van der Waals surface area contributed by atoms with Gasteiger partial charge in [-0.1, -0.05) is 227 Å². The number of benzene rings is 7. The van der Waals surface area contributed by atoms with E-state index in [-0.39, 0.29) is 16.2 Å². The van der Waals surface area contributed by atoms with E-state index in [1.165, 1.54) is 196 Å². The minimum Gasteiger partial charge on any atom is -0.0654 e. The summed E-state index contributed by atoms with van der Waals surface area (Å²) in [7, 11) is 0. The molecule has 7 aromatic rings. The Morgan fingerprint density at radius 3 is 1.24 bits per heavy atom. The molecule has 0 heterocycles. The Morgan fingerprint density at radius 2 is 0.706 bits per heavy atom. The lowest BCUT2D eigenvalue weighted by Gasteiger charge is -2.33. The van der Waals surface area contributed by atoms with Crippen molar-refractivity contribution in [3.8, 4) is 66.8 Å². The van der Waals surface area contributed by atoms with Gasteiger partial charge in [-0.25, -0.2) is 0 Å². The fraction of sp³-hybridized carbons (Fsp3) is 0.382. The second-order valence-corrected chi connectivity index (χ2v) is 22.5. The molecule has 0 fully saturated rings. The number of hydrogen-bond donors (Lipinski definition) is 0. The number of aryl methyl sites for hydroxylation is 3. The second-order valence-electron chi connectivity index (χ2n) is 22.5. The van der Waals surface area contributed by atoms with E-state index < -0.39 is 0 Å². The van der Waals surface area contributed by atoms with Crippen LogP contribution in [-0.4, -0.2) is 0 Å². The quantitative estimate of drug-likeness (QED) is 0.0799. The lowest BCUT2D eigenvalue weighted by atomic mass is 9.70. The van der Waals surface area contributed by atoms with Gasteiger partial charge in [0.2, 0.25) is 0 Å². The summed E-state index contributed by atoms with van der Waals surface area (Å²) in [5.74, 6) is 0. The highest BCUT2D eigenvalue weighted by molar-refractivity contribution is 5.89. The third kappa shape index (κ3) is 7.93. The molecule has 348 valence electrons. The summed E-state index contributed by atoms with van der Waals surface area (Å²) in [5.41, 5.74) is 29.3. The number of rotatable bonds is 17. The van der Waals surface area contributed by atoms with E-state index in [0.29, 0.717) is 0 Å². The fourth-order valence-corrected chi connectivity index (χ4v) is 13.4. The molecule has 0 unspecified atom stereocenters. The summed E-state index contributed by atoms with van der Waals surface area (Å²) in [6.45, 7) is 21.2. The maximum Gasteiger partial charge on any atom is 0.0215 e. The first-order chi connectivity index (χ1) is 32.9. The predicted octanol–water partition coefficient (Wildman–Crippen LogP) is 20.0. The molecule has 0 saturated carbocycles. The van der Waals surface area contributed by atoms with Crippen molar-refractivity contribution in [3.05, 3.63) is 177 Å². The minimum absolute atomic E-state index is 0.0243. The first-order valence-electron chi connectivity index (χ1n) is 26.8. The van der Waals surface area contributed by atoms with E-state index in [2.05, 4.69) is 190 Å². The molecule has 0 atom stereocenters. The predicted molar refractivity (Wildman–Crippen MR) is 294 cm³/mol. The highest BCUT2D eigenvalue weighted by Crippen LogP contribution is 2.56. The highest BCUT2D eigenvalue weighted by atomic mass is 14.5. The van der Waals surface area contributed by atoms with E-state index in [9.17, 15) is 0 Å². The van der Waals surface area contributed by atoms with Crippen LogP contribution in [0.2, 0.25) is 0 Å². The van der Waals surface area contributed by atoms with Gasteiger partial charge >= 0.3 is 0 Å². The largest absolute Gasteiger partial charge is 0.0654 e. The maximum absolute atomic E-state index is 2.64. The molecule has 7 aromatic carbocycles. The fourth-order valence-electron chi connectivity index (χ4n) is 13.4. The van der Waals surface area contributed by atoms with E-state index in [1.807, 2.05) is 0 Å². The normalized spacial score (nSPS) is 15.1. The van der Waals surface area contributed by atoms with Crippen LogP contribution in [0.3, 0.4) is 0 Å². The molecule has 0 saturated heterocycles. The van der Waals surface area contributed by atoms with E-state index in [4.69, 9.17) is 0 Å². The molecule has 10 rings (SSSR count). The molecular formula is C68H76. The summed E-state index contributed by atoms with van der Waals surface area (Å²) in [5, 5.41) is 0. The molecule has 0 amide bonds. The smallest absolute Gasteiger partial charge is 0.0215 e. The van der Waals surface area contributed by atoms with Crippen molar-refractivity contribution in [1.29, 1.82) is 0 Å². The Bertz CT molecular complexity index is 2980. The van der Waals surface area contributed by atoms with Crippen molar-refractivity contribution < 1.29 is 0 Å². The van der Waals surface area contributed by atoms with Crippen LogP contribution in [0.4, 0.5) is 0 Å². The topological polar surface area (TPSA) is 0 Å². The van der Waals surface area contributed by atoms with Crippen molar-refractivity contribution in [2.24, 2.45) is 0 Å². The number of fused-ring (bicyclic) bond motifs is 9. The number of unbranched alkanes of at least 4 members (excludes halogenated alkanes) is 10. The van der Waals surface area contributed by atoms with Crippen LogP contribution < -0.4 is 0 Å². The lowest BCUT2D eigenvalue weighted by molar-refractivity contribution is 0.398. The molecule has 0 aliphatic heterocycles. The van der Waals surface area contributed by atoms with Crippen LogP contribution in [0.15, 0.2) is 127 Å². The molecule has 0 radical (unpaired) electrons. The summed E-state index contributed by atoms with van der Waals surface area (Å²) in [6.07, 6.45) is 18.6. The highest BCUT2D eigenvalue weighted by Gasteiger charge is 2.43. The maximum atomic E-state index is 2.64. The van der Waals surface area contributed by atoms with Gasteiger partial charge in [-0.3, -0.25) is 0 Å². The van der Waals surface area contributed by atoms with Gasteiger partial charge in [-0.15, -0.1) is 0 Å². The molecule has 0 spiro atoms. The average Bonchev–Trinajstić information content (AvgIpc) is 3.83. The summed E-state index contributed by atoms with van der Waals surface area (Å²) in [6, 6.07) is 50.7. The van der Waals surface area contributed by atoms with Gasteiger partial charge in [0.05, 0.1) is 0 Å². The third-order valence-corrected chi connectivity index (χ3v) is 17.2.